The van der Waals surface area contributed by atoms with Crippen molar-refractivity contribution in [3.05, 3.63) is 34.9 Å². The highest BCUT2D eigenvalue weighted by molar-refractivity contribution is 5.96. The van der Waals surface area contributed by atoms with E-state index in [0.717, 1.165) is 38.4 Å². The maximum absolute atomic E-state index is 14.7. The molecule has 1 aliphatic heterocycles. The third kappa shape index (κ3) is 6.60. The van der Waals surface area contributed by atoms with Gasteiger partial charge in [0, 0.05) is 29.8 Å². The van der Waals surface area contributed by atoms with Crippen molar-refractivity contribution in [2.24, 2.45) is 40.9 Å². The van der Waals surface area contributed by atoms with Crippen molar-refractivity contribution in [1.29, 1.82) is 0 Å². The highest BCUT2D eigenvalue weighted by atomic mass is 16.5. The number of benzene rings is 1. The molecular weight excluding hydrogens is 636 g/mol. The molecule has 50 heavy (non-hydrogen) atoms. The zero-order valence-electron chi connectivity index (χ0n) is 30.1. The summed E-state index contributed by atoms with van der Waals surface area (Å²) >= 11 is 0. The van der Waals surface area contributed by atoms with Gasteiger partial charge in [0.05, 0.1) is 31.8 Å². The second-order valence-corrected chi connectivity index (χ2v) is 17.0. The molecule has 4 bridgehead atoms. The Bertz CT molecular complexity index is 1450. The summed E-state index contributed by atoms with van der Waals surface area (Å²) in [5, 5.41) is 24.6. The van der Waals surface area contributed by atoms with Crippen LogP contribution in [0.2, 0.25) is 0 Å². The quantitative estimate of drug-likeness (QED) is 0.270. The van der Waals surface area contributed by atoms with Gasteiger partial charge in [-0.3, -0.25) is 14.4 Å². The standard InChI is InChI=1S/C40H56N2O8/c1-22(2)28-6-5-23(3)9-32(28)49-20-34(45)42(21-40-16-24-10-25(17-40)12-26(11-24)18-40)31-15-30(39(47)41-7-8-43)35-29-13-27(19-44)14-33(48-4)37(29)50-38(35)36(31)46/h13-15,19,22-26,28,31-32,35-36,38,43,46H,5-12,16-18,20-21H2,1-4H3,(H,41,47). The topological polar surface area (TPSA) is 135 Å². The molecule has 7 aliphatic rings. The summed E-state index contributed by atoms with van der Waals surface area (Å²) in [6.45, 7) is 6.94. The molecule has 8 rings (SSSR count). The Morgan fingerprint density at radius 1 is 1.10 bits per heavy atom. The van der Waals surface area contributed by atoms with E-state index in [1.54, 1.807) is 18.2 Å². The van der Waals surface area contributed by atoms with Gasteiger partial charge in [-0.05, 0) is 110 Å². The van der Waals surface area contributed by atoms with Crippen LogP contribution in [0.25, 0.3) is 0 Å². The molecule has 274 valence electrons. The number of amides is 2. The second kappa shape index (κ2) is 14.2. The average molecular weight is 693 g/mol. The Morgan fingerprint density at radius 2 is 1.80 bits per heavy atom. The zero-order chi connectivity index (χ0) is 35.3. The predicted molar refractivity (Wildman–Crippen MR) is 187 cm³/mol. The molecule has 5 saturated carbocycles. The number of nitrogens with zero attached hydrogens (tertiary/aromatic N) is 1. The Kier molecular flexibility index (Phi) is 10.1. The van der Waals surface area contributed by atoms with Gasteiger partial charge < -0.3 is 34.6 Å². The lowest BCUT2D eigenvalue weighted by atomic mass is 9.49. The summed E-state index contributed by atoms with van der Waals surface area (Å²) in [7, 11) is 1.49. The number of ether oxygens (including phenoxy) is 3. The number of aldehydes is 1. The van der Waals surface area contributed by atoms with Gasteiger partial charge in [0.2, 0.25) is 11.8 Å². The van der Waals surface area contributed by atoms with E-state index < -0.39 is 30.1 Å². The first-order valence-electron chi connectivity index (χ1n) is 19.1. The summed E-state index contributed by atoms with van der Waals surface area (Å²) < 4.78 is 18.6. The van der Waals surface area contributed by atoms with Crippen LogP contribution in [0.3, 0.4) is 0 Å². The van der Waals surface area contributed by atoms with E-state index in [2.05, 4.69) is 26.1 Å². The maximum atomic E-state index is 14.7. The summed E-state index contributed by atoms with van der Waals surface area (Å²) in [4.78, 5) is 42.3. The molecule has 10 heteroatoms. The van der Waals surface area contributed by atoms with E-state index in [1.165, 1.54) is 32.8 Å². The number of methoxy groups -OCH3 is 1. The predicted octanol–water partition coefficient (Wildman–Crippen LogP) is 4.65. The molecule has 3 N–H and O–H groups in total. The summed E-state index contributed by atoms with van der Waals surface area (Å²) in [5.74, 6) is 2.82. The Hall–Kier alpha value is -2.95. The van der Waals surface area contributed by atoms with Crippen LogP contribution in [0.1, 0.15) is 100 Å². The molecule has 0 saturated heterocycles. The number of nitrogens with one attached hydrogen (secondary N) is 1. The molecule has 5 fully saturated rings. The second-order valence-electron chi connectivity index (χ2n) is 17.0. The lowest BCUT2D eigenvalue weighted by Crippen LogP contribution is -2.60. The highest BCUT2D eigenvalue weighted by Crippen LogP contribution is 2.60. The van der Waals surface area contributed by atoms with Crippen molar-refractivity contribution in [3.63, 3.8) is 0 Å². The SMILES string of the molecule is COc1cc(C=O)cc2c1OC1C2C(C(=O)NCCO)=CC(N(CC23CC4CC(CC(C4)C2)C3)C(=O)COC2CC(C)CCC2C(C)C)C1O. The van der Waals surface area contributed by atoms with Crippen LogP contribution in [0.5, 0.6) is 11.5 Å². The third-order valence-electron chi connectivity index (χ3n) is 13.1. The molecular formula is C40H56N2O8. The van der Waals surface area contributed by atoms with Gasteiger partial charge in [0.15, 0.2) is 11.5 Å². The number of aliphatic hydroxyl groups excluding tert-OH is 2. The Balaban J connectivity index is 1.25. The fourth-order valence-electron chi connectivity index (χ4n) is 11.3. The number of fused-ring (bicyclic) bond motifs is 3. The lowest BCUT2D eigenvalue weighted by Gasteiger charge is -2.58. The number of carbonyl (C=O) groups excluding carboxylic acids is 3. The number of rotatable bonds is 12. The van der Waals surface area contributed by atoms with Crippen molar-refractivity contribution >= 4 is 18.1 Å². The summed E-state index contributed by atoms with van der Waals surface area (Å²) in [6, 6.07) is 2.42. The molecule has 7 unspecified atom stereocenters. The minimum atomic E-state index is -1.16. The summed E-state index contributed by atoms with van der Waals surface area (Å²) in [5.41, 5.74) is 1.25. The van der Waals surface area contributed by atoms with Crippen LogP contribution in [0.4, 0.5) is 0 Å². The molecule has 7 atom stereocenters. The molecule has 1 aromatic carbocycles. The molecule has 6 aliphatic carbocycles. The molecule has 1 heterocycles. The molecule has 0 radical (unpaired) electrons. The van der Waals surface area contributed by atoms with Gasteiger partial charge in [0.25, 0.3) is 0 Å². The molecule has 1 aromatic rings. The van der Waals surface area contributed by atoms with Gasteiger partial charge in [-0.15, -0.1) is 0 Å². The van der Waals surface area contributed by atoms with E-state index in [1.807, 2.05) is 4.90 Å². The van der Waals surface area contributed by atoms with Crippen LogP contribution in [-0.2, 0) is 14.3 Å². The lowest BCUT2D eigenvalue weighted by molar-refractivity contribution is -0.154. The van der Waals surface area contributed by atoms with Crippen LogP contribution in [-0.4, -0.2) is 91.0 Å². The molecule has 2 amide bonds. The van der Waals surface area contributed by atoms with Crippen molar-refractivity contribution in [3.8, 4) is 11.5 Å². The number of hydrogen-bond acceptors (Lipinski definition) is 8. The van der Waals surface area contributed by atoms with Crippen LogP contribution >= 0.6 is 0 Å². The Labute approximate surface area is 296 Å². The number of hydrogen-bond donors (Lipinski definition) is 3. The van der Waals surface area contributed by atoms with Crippen LogP contribution in [0, 0.1) is 40.9 Å². The van der Waals surface area contributed by atoms with Crippen molar-refractivity contribution in [2.45, 2.75) is 109 Å². The number of aliphatic hydroxyl groups is 2. The van der Waals surface area contributed by atoms with E-state index in [-0.39, 0.29) is 37.2 Å². The Morgan fingerprint density at radius 3 is 2.42 bits per heavy atom. The van der Waals surface area contributed by atoms with Crippen molar-refractivity contribution in [1.82, 2.24) is 10.2 Å². The van der Waals surface area contributed by atoms with E-state index in [9.17, 15) is 24.6 Å². The van der Waals surface area contributed by atoms with Crippen molar-refractivity contribution < 1.29 is 38.8 Å². The highest BCUT2D eigenvalue weighted by Gasteiger charge is 2.55. The van der Waals surface area contributed by atoms with E-state index in [4.69, 9.17) is 14.2 Å². The first-order valence-corrected chi connectivity index (χ1v) is 19.1. The zero-order valence-corrected chi connectivity index (χ0v) is 30.1. The fraction of sp³-hybridized carbons (Fsp3) is 0.725. The van der Waals surface area contributed by atoms with Crippen LogP contribution in [0.15, 0.2) is 23.8 Å². The summed E-state index contributed by atoms with van der Waals surface area (Å²) in [6.07, 6.45) is 10.6. The average Bonchev–Trinajstić information content (AvgIpc) is 3.48. The van der Waals surface area contributed by atoms with Gasteiger partial charge >= 0.3 is 0 Å². The number of carbonyl (C=O) groups is 3. The smallest absolute Gasteiger partial charge is 0.249 e. The third-order valence-corrected chi connectivity index (χ3v) is 13.1. The van der Waals surface area contributed by atoms with E-state index >= 15 is 0 Å². The molecule has 0 aromatic heterocycles. The monoisotopic (exact) mass is 692 g/mol. The first kappa shape index (κ1) is 35.5. The van der Waals surface area contributed by atoms with Gasteiger partial charge in [-0.2, -0.15) is 0 Å². The molecule has 10 nitrogen and oxygen atoms in total. The first-order chi connectivity index (χ1) is 24.0. The minimum Gasteiger partial charge on any atom is -0.493 e. The largest absolute Gasteiger partial charge is 0.493 e. The normalized spacial score (nSPS) is 36.7. The van der Waals surface area contributed by atoms with Crippen molar-refractivity contribution in [2.75, 3.05) is 33.4 Å². The van der Waals surface area contributed by atoms with Gasteiger partial charge in [-0.1, -0.05) is 27.2 Å². The van der Waals surface area contributed by atoms with E-state index in [0.29, 0.717) is 70.3 Å². The molecule has 0 spiro atoms. The fourth-order valence-corrected chi connectivity index (χ4v) is 11.3. The maximum Gasteiger partial charge on any atom is 0.249 e. The van der Waals surface area contributed by atoms with Crippen LogP contribution < -0.4 is 14.8 Å². The minimum absolute atomic E-state index is 0.00716. The van der Waals surface area contributed by atoms with Gasteiger partial charge in [-0.25, -0.2) is 0 Å². The van der Waals surface area contributed by atoms with Gasteiger partial charge in [0.1, 0.15) is 25.1 Å².